The number of amides is 2. The molecule has 1 aromatic heterocycles. The number of carboxylic acids is 1. The van der Waals surface area contributed by atoms with Crippen LogP contribution in [0.15, 0.2) is 30.3 Å². The Bertz CT molecular complexity index is 835. The van der Waals surface area contributed by atoms with E-state index in [2.05, 4.69) is 10.6 Å². The molecule has 3 N–H and O–H groups in total. The van der Waals surface area contributed by atoms with Crippen LogP contribution in [-0.4, -0.2) is 29.4 Å². The smallest absolute Gasteiger partial charge is 0.303 e. The highest BCUT2D eigenvalue weighted by atomic mass is 32.1. The Morgan fingerprint density at radius 3 is 2.59 bits per heavy atom. The normalized spacial score (nSPS) is 10.4. The van der Waals surface area contributed by atoms with Crippen molar-refractivity contribution < 1.29 is 23.9 Å². The van der Waals surface area contributed by atoms with Gasteiger partial charge in [0.05, 0.1) is 9.88 Å². The summed E-state index contributed by atoms with van der Waals surface area (Å²) >= 11 is 1.15. The average molecular weight is 392 g/mol. The summed E-state index contributed by atoms with van der Waals surface area (Å²) in [5.74, 6) is -1.99. The summed E-state index contributed by atoms with van der Waals surface area (Å²) in [5, 5.41) is 14.5. The lowest BCUT2D eigenvalue weighted by atomic mass is 10.2. The Morgan fingerprint density at radius 2 is 1.89 bits per heavy atom. The van der Waals surface area contributed by atoms with E-state index in [-0.39, 0.29) is 17.9 Å². The first-order chi connectivity index (χ1) is 12.9. The van der Waals surface area contributed by atoms with Crippen LogP contribution in [0.4, 0.5) is 9.39 Å². The quantitative estimate of drug-likeness (QED) is 0.565. The first-order valence-electron chi connectivity index (χ1n) is 8.54. The van der Waals surface area contributed by atoms with Crippen LogP contribution in [0.1, 0.15) is 51.3 Å². The summed E-state index contributed by atoms with van der Waals surface area (Å²) in [4.78, 5) is 35.4. The van der Waals surface area contributed by atoms with E-state index >= 15 is 0 Å². The number of aliphatic carboxylic acids is 1. The monoisotopic (exact) mass is 392 g/mol. The molecule has 8 heteroatoms. The van der Waals surface area contributed by atoms with Crippen molar-refractivity contribution in [1.29, 1.82) is 0 Å². The lowest BCUT2D eigenvalue weighted by molar-refractivity contribution is -0.137. The number of halogens is 1. The van der Waals surface area contributed by atoms with Gasteiger partial charge in [-0.3, -0.25) is 14.4 Å². The van der Waals surface area contributed by atoms with Crippen LogP contribution in [0.2, 0.25) is 0 Å². The topological polar surface area (TPSA) is 95.5 Å². The number of thiophene rings is 1. The standard InChI is InChI=1S/C19H21FN2O4S/c1-12-10-15(22-18(25)13-6-5-7-14(20)11-13)27-17(12)19(26)21-9-4-2-3-8-16(23)24/h5-7,10-11H,2-4,8-9H2,1H3,(H,21,26)(H,22,25)(H,23,24). The number of carboxylic acid groups (broad SMARTS) is 1. The molecule has 1 heterocycles. The number of hydrogen-bond donors (Lipinski definition) is 3. The highest BCUT2D eigenvalue weighted by molar-refractivity contribution is 7.18. The molecule has 0 saturated carbocycles. The average Bonchev–Trinajstić information content (AvgIpc) is 2.97. The van der Waals surface area contributed by atoms with Gasteiger partial charge in [0.2, 0.25) is 0 Å². The molecule has 1 aromatic carbocycles. The second-order valence-electron chi connectivity index (χ2n) is 6.05. The number of aryl methyl sites for hydroxylation is 1. The van der Waals surface area contributed by atoms with Crippen LogP contribution in [0.5, 0.6) is 0 Å². The minimum atomic E-state index is -0.818. The molecule has 0 aliphatic carbocycles. The van der Waals surface area contributed by atoms with Gasteiger partial charge in [0, 0.05) is 18.5 Å². The molecule has 0 saturated heterocycles. The number of carbonyl (C=O) groups excluding carboxylic acids is 2. The second kappa shape index (κ2) is 9.82. The zero-order valence-electron chi connectivity index (χ0n) is 14.9. The Balaban J connectivity index is 1.86. The van der Waals surface area contributed by atoms with E-state index in [4.69, 9.17) is 5.11 Å². The molecule has 0 fully saturated rings. The van der Waals surface area contributed by atoms with Gasteiger partial charge in [-0.2, -0.15) is 0 Å². The first kappa shape index (κ1) is 20.6. The van der Waals surface area contributed by atoms with E-state index in [1.54, 1.807) is 13.0 Å². The minimum absolute atomic E-state index is 0.131. The summed E-state index contributed by atoms with van der Waals surface area (Å²) in [6.45, 7) is 2.23. The van der Waals surface area contributed by atoms with E-state index < -0.39 is 17.7 Å². The van der Waals surface area contributed by atoms with Crippen LogP contribution in [-0.2, 0) is 4.79 Å². The van der Waals surface area contributed by atoms with E-state index in [1.165, 1.54) is 18.2 Å². The molecule has 0 radical (unpaired) electrons. The van der Waals surface area contributed by atoms with Crippen molar-refractivity contribution in [3.8, 4) is 0 Å². The van der Waals surface area contributed by atoms with Gasteiger partial charge in [-0.05, 0) is 49.6 Å². The molecule has 0 bridgehead atoms. The number of nitrogens with one attached hydrogen (secondary N) is 2. The molecule has 6 nitrogen and oxygen atoms in total. The van der Waals surface area contributed by atoms with Crippen molar-refractivity contribution in [1.82, 2.24) is 5.32 Å². The van der Waals surface area contributed by atoms with E-state index in [0.717, 1.165) is 29.4 Å². The fourth-order valence-corrected chi connectivity index (χ4v) is 3.43. The maximum absolute atomic E-state index is 13.2. The van der Waals surface area contributed by atoms with Gasteiger partial charge in [0.25, 0.3) is 11.8 Å². The molecule has 0 aliphatic heterocycles. The van der Waals surface area contributed by atoms with Gasteiger partial charge in [-0.1, -0.05) is 12.5 Å². The summed E-state index contributed by atoms with van der Waals surface area (Å²) in [5.41, 5.74) is 0.936. The number of unbranched alkanes of at least 4 members (excludes halogenated alkanes) is 2. The molecule has 0 unspecified atom stereocenters. The van der Waals surface area contributed by atoms with Crippen LogP contribution in [0.3, 0.4) is 0 Å². The van der Waals surface area contributed by atoms with E-state index in [0.29, 0.717) is 29.3 Å². The van der Waals surface area contributed by atoms with Crippen LogP contribution < -0.4 is 10.6 Å². The molecule has 0 spiro atoms. The predicted molar refractivity (Wildman–Crippen MR) is 102 cm³/mol. The van der Waals surface area contributed by atoms with Gasteiger partial charge < -0.3 is 15.7 Å². The van der Waals surface area contributed by atoms with Crippen molar-refractivity contribution in [3.63, 3.8) is 0 Å². The van der Waals surface area contributed by atoms with Gasteiger partial charge in [-0.15, -0.1) is 11.3 Å². The number of hydrogen-bond acceptors (Lipinski definition) is 4. The highest BCUT2D eigenvalue weighted by Gasteiger charge is 2.15. The Morgan fingerprint density at radius 1 is 1.11 bits per heavy atom. The summed E-state index contributed by atoms with van der Waals surface area (Å²) in [7, 11) is 0. The zero-order valence-corrected chi connectivity index (χ0v) is 15.7. The molecular formula is C19H21FN2O4S. The largest absolute Gasteiger partial charge is 0.481 e. The minimum Gasteiger partial charge on any atom is -0.481 e. The SMILES string of the molecule is Cc1cc(NC(=O)c2cccc(F)c2)sc1C(=O)NCCCCCC(=O)O. The Labute approximate surface area is 160 Å². The third-order valence-electron chi connectivity index (χ3n) is 3.80. The number of benzene rings is 1. The first-order valence-corrected chi connectivity index (χ1v) is 9.36. The third kappa shape index (κ3) is 6.49. The Kier molecular flexibility index (Phi) is 7.48. The van der Waals surface area contributed by atoms with Crippen molar-refractivity contribution in [3.05, 3.63) is 52.2 Å². The van der Waals surface area contributed by atoms with Crippen LogP contribution in [0.25, 0.3) is 0 Å². The molecule has 0 aliphatic rings. The van der Waals surface area contributed by atoms with E-state index in [1.807, 2.05) is 0 Å². The van der Waals surface area contributed by atoms with Gasteiger partial charge in [0.15, 0.2) is 0 Å². The molecule has 2 amide bonds. The van der Waals surface area contributed by atoms with Gasteiger partial charge in [0.1, 0.15) is 5.82 Å². The maximum atomic E-state index is 13.2. The molecule has 27 heavy (non-hydrogen) atoms. The number of rotatable bonds is 9. The summed E-state index contributed by atoms with van der Waals surface area (Å²) in [6, 6.07) is 7.07. The predicted octanol–water partition coefficient (Wildman–Crippen LogP) is 3.82. The molecule has 0 atom stereocenters. The molecule has 2 rings (SSSR count). The van der Waals surface area contributed by atoms with Crippen LogP contribution >= 0.6 is 11.3 Å². The van der Waals surface area contributed by atoms with Crippen molar-refractivity contribution in [2.45, 2.75) is 32.6 Å². The summed E-state index contributed by atoms with van der Waals surface area (Å²) < 4.78 is 13.2. The molecule has 2 aromatic rings. The fraction of sp³-hybridized carbons (Fsp3) is 0.316. The van der Waals surface area contributed by atoms with E-state index in [9.17, 15) is 18.8 Å². The zero-order chi connectivity index (χ0) is 19.8. The maximum Gasteiger partial charge on any atom is 0.303 e. The summed E-state index contributed by atoms with van der Waals surface area (Å²) in [6.07, 6.45) is 2.14. The highest BCUT2D eigenvalue weighted by Crippen LogP contribution is 2.27. The van der Waals surface area contributed by atoms with Crippen LogP contribution in [0, 0.1) is 12.7 Å². The molecular weight excluding hydrogens is 371 g/mol. The second-order valence-corrected chi connectivity index (χ2v) is 7.10. The van der Waals surface area contributed by atoms with Crippen molar-refractivity contribution in [2.24, 2.45) is 0 Å². The van der Waals surface area contributed by atoms with Gasteiger partial charge in [-0.25, -0.2) is 4.39 Å². The lowest BCUT2D eigenvalue weighted by Gasteiger charge is -2.04. The van der Waals surface area contributed by atoms with Crippen molar-refractivity contribution >= 4 is 34.1 Å². The van der Waals surface area contributed by atoms with Gasteiger partial charge >= 0.3 is 5.97 Å². The Hall–Kier alpha value is -2.74. The molecule has 144 valence electrons. The fourth-order valence-electron chi connectivity index (χ4n) is 2.44. The van der Waals surface area contributed by atoms with Crippen molar-refractivity contribution in [2.75, 3.05) is 11.9 Å². The number of anilines is 1. The third-order valence-corrected chi connectivity index (χ3v) is 4.95. The number of carbonyl (C=O) groups is 3. The lowest BCUT2D eigenvalue weighted by Crippen LogP contribution is -2.24.